The van der Waals surface area contributed by atoms with Gasteiger partial charge in [0.15, 0.2) is 5.71 Å². The fraction of sp³-hybridized carbons (Fsp3) is 0.322. The number of allylic oxidation sites excluding steroid dienone is 6. The summed E-state index contributed by atoms with van der Waals surface area (Å²) < 4.78 is 169. The quantitative estimate of drug-likeness (QED) is 0.0215. The van der Waals surface area contributed by atoms with Crippen molar-refractivity contribution in [3.05, 3.63) is 174 Å². The normalized spacial score (nSPS) is 16.1. The van der Waals surface area contributed by atoms with Gasteiger partial charge in [0.25, 0.3) is 40.5 Å². The zero-order chi connectivity index (χ0) is 60.5. The maximum absolute atomic E-state index is 14.4. The number of amides is 1. The van der Waals surface area contributed by atoms with E-state index in [1.54, 1.807) is 67.0 Å². The molecule has 6 aromatic rings. The molecule has 2 heterocycles. The van der Waals surface area contributed by atoms with Crippen molar-refractivity contribution in [1.29, 1.82) is 0 Å². The molecular weight excluding hydrogens is 1160 g/mol. The Labute approximate surface area is 485 Å². The highest BCUT2D eigenvalue weighted by molar-refractivity contribution is 7.89. The lowest BCUT2D eigenvalue weighted by atomic mass is 9.79. The maximum atomic E-state index is 14.4. The van der Waals surface area contributed by atoms with Crippen LogP contribution in [0, 0.1) is 0 Å². The summed E-state index contributed by atoms with van der Waals surface area (Å²) in [5.41, 5.74) is 3.85. The third kappa shape index (κ3) is 13.9. The Kier molecular flexibility index (Phi) is 18.3. The molecule has 0 aromatic heterocycles. The van der Waals surface area contributed by atoms with E-state index < -0.39 is 82.6 Å². The average Bonchev–Trinajstić information content (AvgIpc) is 2.37. The van der Waals surface area contributed by atoms with Gasteiger partial charge in [0.1, 0.15) is 11.4 Å². The third-order valence-electron chi connectivity index (χ3n) is 15.3. The molecule has 0 saturated heterocycles. The first-order valence-corrected chi connectivity index (χ1v) is 34.2. The molecular formula is C59H67N4O15S5+. The number of rotatable bonds is 24. The highest BCUT2D eigenvalue weighted by Gasteiger charge is 2.46. The summed E-state index contributed by atoms with van der Waals surface area (Å²) in [4.78, 5) is 13.5. The van der Waals surface area contributed by atoms with Gasteiger partial charge in [-0.25, -0.2) is 12.7 Å². The summed E-state index contributed by atoms with van der Waals surface area (Å²) in [7, 11) is -21.4. The number of benzene rings is 6. The first-order valence-electron chi connectivity index (χ1n) is 26.7. The summed E-state index contributed by atoms with van der Waals surface area (Å²) in [6.07, 6.45) is 9.68. The van der Waals surface area contributed by atoms with Gasteiger partial charge in [0.2, 0.25) is 21.6 Å². The van der Waals surface area contributed by atoms with Gasteiger partial charge in [-0.2, -0.15) is 38.2 Å². The number of hydrogen-bond donors (Lipinski definition) is 5. The number of nitrogens with zero attached hydrogens (tertiary/aromatic N) is 3. The van der Waals surface area contributed by atoms with Gasteiger partial charge in [-0.15, -0.1) is 0 Å². The Bertz CT molecular complexity index is 4180. The zero-order valence-electron chi connectivity index (χ0n) is 46.4. The van der Waals surface area contributed by atoms with E-state index >= 15 is 0 Å². The van der Waals surface area contributed by atoms with Crippen LogP contribution in [0.5, 0.6) is 0 Å². The molecule has 2 aliphatic heterocycles. The van der Waals surface area contributed by atoms with Crippen LogP contribution in [0.2, 0.25) is 0 Å². The number of nitrogens with one attached hydrogen (secondary N) is 1. The Morgan fingerprint density at radius 2 is 1.25 bits per heavy atom. The molecule has 8 rings (SSSR count). The highest BCUT2D eigenvalue weighted by atomic mass is 32.2. The molecule has 0 spiro atoms. The second-order valence-electron chi connectivity index (χ2n) is 21.7. The minimum absolute atomic E-state index is 0.0159. The van der Waals surface area contributed by atoms with Crippen LogP contribution in [0.3, 0.4) is 0 Å². The van der Waals surface area contributed by atoms with Crippen molar-refractivity contribution in [2.75, 3.05) is 49.6 Å². The lowest BCUT2D eigenvalue weighted by molar-refractivity contribution is -0.437. The van der Waals surface area contributed by atoms with E-state index in [0.29, 0.717) is 58.2 Å². The Morgan fingerprint density at radius 3 is 1.87 bits per heavy atom. The van der Waals surface area contributed by atoms with Crippen LogP contribution in [0.15, 0.2) is 166 Å². The number of sulfonamides is 1. The topological polar surface area (TPSA) is 290 Å². The van der Waals surface area contributed by atoms with E-state index in [4.69, 9.17) is 0 Å². The molecule has 24 heteroatoms. The van der Waals surface area contributed by atoms with Gasteiger partial charge in [-0.1, -0.05) is 111 Å². The molecule has 0 atom stereocenters. The third-order valence-corrected chi connectivity index (χ3v) is 20.6. The molecule has 442 valence electrons. The van der Waals surface area contributed by atoms with Crippen LogP contribution < -0.4 is 10.2 Å². The minimum atomic E-state index is -5.03. The molecule has 5 N–H and O–H groups in total. The van der Waals surface area contributed by atoms with Gasteiger partial charge in [0.05, 0.1) is 26.7 Å². The first-order chi connectivity index (χ1) is 38.8. The van der Waals surface area contributed by atoms with Crippen molar-refractivity contribution in [3.63, 3.8) is 0 Å². The lowest BCUT2D eigenvalue weighted by Gasteiger charge is -2.27. The molecule has 0 radical (unpaired) electrons. The van der Waals surface area contributed by atoms with Crippen LogP contribution >= 0.6 is 0 Å². The van der Waals surface area contributed by atoms with E-state index in [2.05, 4.69) is 29.6 Å². The smallest absolute Gasteiger partial charge is 0.295 e. The van der Waals surface area contributed by atoms with E-state index in [1.807, 2.05) is 67.3 Å². The van der Waals surface area contributed by atoms with Crippen LogP contribution in [-0.4, -0.2) is 126 Å². The van der Waals surface area contributed by atoms with Crippen molar-refractivity contribution in [3.8, 4) is 0 Å². The summed E-state index contributed by atoms with van der Waals surface area (Å²) in [5, 5.41) is 4.11. The summed E-state index contributed by atoms with van der Waals surface area (Å²) >= 11 is 0. The van der Waals surface area contributed by atoms with Crippen molar-refractivity contribution >= 4 is 95.0 Å². The molecule has 0 unspecified atom stereocenters. The largest absolute Gasteiger partial charge is 0.356 e. The summed E-state index contributed by atoms with van der Waals surface area (Å²) in [5.74, 6) is -1.24. The van der Waals surface area contributed by atoms with Crippen molar-refractivity contribution in [1.82, 2.24) is 9.62 Å². The zero-order valence-corrected chi connectivity index (χ0v) is 50.5. The standard InChI is InChI=1S/C59H66N4O15S5/c1-58(2)53(25-13-8-14-26-54-59(3,4)57-48-39-43(82(73,74)75)40-52(83(76,77)78)46(48)29-31-50(57)63(54)36-18-38-80(68,69)70)62(35-17-37-79(65,66)67)49-30-28-45-47(56(49)58)23-15-24-51(45)81(71,72)61(5)34-16-27-55(64)60-33-32-44(41-19-9-6-10-20-41)42-21-11-7-12-22-42/h6-15,19-26,28-31,39-40,44H,16-18,27,32-38H2,1-5H3,(H4-,60,64,65,66,67,68,69,70,73,74,75,76,77,78)/p+1. The minimum Gasteiger partial charge on any atom is -0.356 e. The Hall–Kier alpha value is -6.45. The van der Waals surface area contributed by atoms with Gasteiger partial charge >= 0.3 is 0 Å². The number of fused-ring (bicyclic) bond motifs is 6. The van der Waals surface area contributed by atoms with Crippen molar-refractivity contribution in [2.24, 2.45) is 0 Å². The maximum Gasteiger partial charge on any atom is 0.295 e. The average molecular weight is 1230 g/mol. The van der Waals surface area contributed by atoms with Crippen LogP contribution in [0.4, 0.5) is 11.4 Å². The monoisotopic (exact) mass is 1230 g/mol. The molecule has 0 saturated carbocycles. The predicted molar refractivity (Wildman–Crippen MR) is 321 cm³/mol. The van der Waals surface area contributed by atoms with Crippen molar-refractivity contribution in [2.45, 2.75) is 91.2 Å². The number of carbonyl (C=O) groups is 1. The molecule has 2 aliphatic rings. The number of anilines is 1. The van der Waals surface area contributed by atoms with Gasteiger partial charge in [-0.05, 0) is 97.0 Å². The van der Waals surface area contributed by atoms with Gasteiger partial charge in [-0.3, -0.25) is 23.0 Å². The van der Waals surface area contributed by atoms with E-state index in [9.17, 15) is 65.1 Å². The molecule has 0 aliphatic carbocycles. The summed E-state index contributed by atoms with van der Waals surface area (Å²) in [6.45, 7) is 8.10. The van der Waals surface area contributed by atoms with E-state index in [-0.39, 0.29) is 72.8 Å². The fourth-order valence-electron chi connectivity index (χ4n) is 11.6. The van der Waals surface area contributed by atoms with Crippen molar-refractivity contribution < 1.29 is 69.7 Å². The SMILES string of the molecule is CN(CCCC(=O)NCCC(c1ccccc1)c1ccccc1)S(=O)(=O)c1cccc2c3c(ccc12)N(CCCS(=O)(=O)O)\C(=C/C=C/C=C/C1=[N+](CCCS(=O)(=O)O)c2ccc4c(S(=O)(=O)O)cc(S(=O)(=O)O)cc4c2C1(C)C)C3(C)C. The molecule has 83 heavy (non-hydrogen) atoms. The van der Waals surface area contributed by atoms with Gasteiger partial charge < -0.3 is 10.2 Å². The lowest BCUT2D eigenvalue weighted by Crippen LogP contribution is -2.30. The summed E-state index contributed by atoms with van der Waals surface area (Å²) in [6, 6.07) is 33.3. The predicted octanol–water partition coefficient (Wildman–Crippen LogP) is 8.95. The number of hydrogen-bond acceptors (Lipinski definition) is 12. The molecule has 0 bridgehead atoms. The molecule has 0 fully saturated rings. The van der Waals surface area contributed by atoms with Crippen LogP contribution in [0.25, 0.3) is 21.5 Å². The first kappa shape index (κ1) is 62.6. The number of carbonyl (C=O) groups excluding carboxylic acids is 1. The van der Waals surface area contributed by atoms with Gasteiger partial charge in [0, 0.05) is 90.7 Å². The van der Waals surface area contributed by atoms with Crippen LogP contribution in [-0.2, 0) is 66.1 Å². The highest BCUT2D eigenvalue weighted by Crippen LogP contribution is 2.52. The molecule has 6 aromatic carbocycles. The van der Waals surface area contributed by atoms with E-state index in [1.165, 1.54) is 23.5 Å². The van der Waals surface area contributed by atoms with Crippen LogP contribution in [0.1, 0.15) is 88.0 Å². The molecule has 19 nitrogen and oxygen atoms in total. The second kappa shape index (κ2) is 24.3. The Morgan fingerprint density at radius 1 is 0.639 bits per heavy atom. The Balaban J connectivity index is 1.06. The fourth-order valence-corrected chi connectivity index (χ4v) is 15.3. The molecule has 1 amide bonds. The second-order valence-corrected chi connectivity index (χ2v) is 29.7. The van der Waals surface area contributed by atoms with E-state index in [0.717, 1.165) is 22.8 Å².